The molecule has 0 aliphatic carbocycles. The zero-order valence-corrected chi connectivity index (χ0v) is 10.8. The Hall–Kier alpha value is -1.95. The van der Waals surface area contributed by atoms with E-state index in [0.29, 0.717) is 0 Å². The summed E-state index contributed by atoms with van der Waals surface area (Å²) >= 11 is 0. The van der Waals surface area contributed by atoms with Crippen LogP contribution in [-0.2, 0) is 10.0 Å². The summed E-state index contributed by atoms with van der Waals surface area (Å²) < 4.78 is 52.7. The van der Waals surface area contributed by atoms with E-state index in [0.717, 1.165) is 24.3 Å². The molecule has 1 N–H and O–H groups in total. The van der Waals surface area contributed by atoms with E-state index in [1.807, 2.05) is 0 Å². The molecule has 0 radical (unpaired) electrons. The molecular formula is C13H11F2NO2S. The van der Waals surface area contributed by atoms with Crippen LogP contribution >= 0.6 is 0 Å². The predicted molar refractivity (Wildman–Crippen MR) is 68.3 cm³/mol. The molecule has 100 valence electrons. The number of nitrogens with one attached hydrogen (secondary N) is 1. The van der Waals surface area contributed by atoms with Crippen molar-refractivity contribution in [1.82, 2.24) is 0 Å². The second kappa shape index (κ2) is 4.97. The summed E-state index contributed by atoms with van der Waals surface area (Å²) in [7, 11) is -3.94. The summed E-state index contributed by atoms with van der Waals surface area (Å²) in [5.74, 6) is -1.20. The lowest BCUT2D eigenvalue weighted by atomic mass is 10.2. The molecule has 0 atom stereocenters. The molecule has 2 aromatic rings. The molecule has 19 heavy (non-hydrogen) atoms. The van der Waals surface area contributed by atoms with Crippen molar-refractivity contribution in [3.8, 4) is 0 Å². The topological polar surface area (TPSA) is 46.2 Å². The average Bonchev–Trinajstić information content (AvgIpc) is 2.31. The summed E-state index contributed by atoms with van der Waals surface area (Å²) in [6.07, 6.45) is 0. The van der Waals surface area contributed by atoms with Gasteiger partial charge in [-0.15, -0.1) is 0 Å². The van der Waals surface area contributed by atoms with E-state index in [9.17, 15) is 17.2 Å². The first kappa shape index (κ1) is 13.5. The normalized spacial score (nSPS) is 11.3. The maximum absolute atomic E-state index is 13.4. The molecule has 3 nitrogen and oxygen atoms in total. The Morgan fingerprint density at radius 1 is 1.05 bits per heavy atom. The number of sulfonamides is 1. The second-order valence-corrected chi connectivity index (χ2v) is 5.65. The Balaban J connectivity index is 2.41. The highest BCUT2D eigenvalue weighted by Crippen LogP contribution is 2.21. The molecule has 2 aromatic carbocycles. The number of rotatable bonds is 3. The van der Waals surface area contributed by atoms with Crippen molar-refractivity contribution in [2.45, 2.75) is 11.8 Å². The Morgan fingerprint density at radius 2 is 1.74 bits per heavy atom. The fourth-order valence-electron chi connectivity index (χ4n) is 1.66. The third-order valence-corrected chi connectivity index (χ3v) is 4.07. The number of hydrogen-bond acceptors (Lipinski definition) is 2. The molecule has 0 aliphatic rings. The quantitative estimate of drug-likeness (QED) is 0.941. The monoisotopic (exact) mass is 283 g/mol. The molecule has 0 saturated carbocycles. The van der Waals surface area contributed by atoms with Crippen LogP contribution in [0.4, 0.5) is 14.5 Å². The van der Waals surface area contributed by atoms with Gasteiger partial charge in [-0.1, -0.05) is 12.1 Å². The van der Waals surface area contributed by atoms with Gasteiger partial charge in [0, 0.05) is 0 Å². The summed E-state index contributed by atoms with van der Waals surface area (Å²) in [5.41, 5.74) is 0.107. The fourth-order valence-corrected chi connectivity index (χ4v) is 2.95. The van der Waals surface area contributed by atoms with E-state index in [4.69, 9.17) is 0 Å². The number of aryl methyl sites for hydroxylation is 1. The zero-order chi connectivity index (χ0) is 14.0. The van der Waals surface area contributed by atoms with Crippen LogP contribution in [0.2, 0.25) is 0 Å². The Labute approximate surface area is 109 Å². The average molecular weight is 283 g/mol. The van der Waals surface area contributed by atoms with Crippen LogP contribution in [0.25, 0.3) is 0 Å². The number of benzene rings is 2. The van der Waals surface area contributed by atoms with Crippen molar-refractivity contribution in [3.63, 3.8) is 0 Å². The zero-order valence-electron chi connectivity index (χ0n) is 10.0. The minimum atomic E-state index is -3.94. The SMILES string of the molecule is Cc1cc(F)ccc1S(=O)(=O)Nc1ccccc1F. The minimum Gasteiger partial charge on any atom is -0.277 e. The smallest absolute Gasteiger partial charge is 0.262 e. The number of hydrogen-bond donors (Lipinski definition) is 1. The van der Waals surface area contributed by atoms with E-state index in [-0.39, 0.29) is 16.1 Å². The van der Waals surface area contributed by atoms with E-state index in [1.165, 1.54) is 25.1 Å². The number of para-hydroxylation sites is 1. The van der Waals surface area contributed by atoms with Gasteiger partial charge >= 0.3 is 0 Å². The first-order valence-corrected chi connectivity index (χ1v) is 6.92. The van der Waals surface area contributed by atoms with Gasteiger partial charge in [0.25, 0.3) is 10.0 Å². The van der Waals surface area contributed by atoms with Crippen LogP contribution in [0.3, 0.4) is 0 Å². The van der Waals surface area contributed by atoms with Crippen LogP contribution in [0.15, 0.2) is 47.4 Å². The maximum atomic E-state index is 13.4. The molecule has 0 spiro atoms. The van der Waals surface area contributed by atoms with Crippen LogP contribution in [0.1, 0.15) is 5.56 Å². The molecule has 0 aromatic heterocycles. The van der Waals surface area contributed by atoms with Crippen LogP contribution in [0, 0.1) is 18.6 Å². The van der Waals surface area contributed by atoms with Crippen molar-refractivity contribution in [1.29, 1.82) is 0 Å². The lowest BCUT2D eigenvalue weighted by Gasteiger charge is -2.10. The summed E-state index contributed by atoms with van der Waals surface area (Å²) in [5, 5.41) is 0. The molecular weight excluding hydrogens is 272 g/mol. The molecule has 0 unspecified atom stereocenters. The van der Waals surface area contributed by atoms with Crippen molar-refractivity contribution >= 4 is 15.7 Å². The summed E-state index contributed by atoms with van der Waals surface area (Å²) in [4.78, 5) is -0.0860. The lowest BCUT2D eigenvalue weighted by Crippen LogP contribution is -2.15. The van der Waals surface area contributed by atoms with Crippen LogP contribution in [-0.4, -0.2) is 8.42 Å². The van der Waals surface area contributed by atoms with Gasteiger partial charge in [0.15, 0.2) is 0 Å². The van der Waals surface area contributed by atoms with E-state index >= 15 is 0 Å². The van der Waals surface area contributed by atoms with Gasteiger partial charge in [0.05, 0.1) is 10.6 Å². The highest BCUT2D eigenvalue weighted by Gasteiger charge is 2.18. The molecule has 0 aliphatic heterocycles. The summed E-state index contributed by atoms with van der Waals surface area (Å²) in [6, 6.07) is 8.72. The Kier molecular flexibility index (Phi) is 3.53. The van der Waals surface area contributed by atoms with E-state index < -0.39 is 21.7 Å². The fraction of sp³-hybridized carbons (Fsp3) is 0.0769. The number of anilines is 1. The van der Waals surface area contributed by atoms with Gasteiger partial charge in [-0.2, -0.15) is 0 Å². The van der Waals surface area contributed by atoms with E-state index in [2.05, 4.69) is 4.72 Å². The van der Waals surface area contributed by atoms with Gasteiger partial charge in [0.1, 0.15) is 11.6 Å². The van der Waals surface area contributed by atoms with Gasteiger partial charge < -0.3 is 0 Å². The first-order chi connectivity index (χ1) is 8.90. The third kappa shape index (κ3) is 2.90. The standard InChI is InChI=1S/C13H11F2NO2S/c1-9-8-10(14)6-7-13(9)19(17,18)16-12-5-3-2-4-11(12)15/h2-8,16H,1H3. The van der Waals surface area contributed by atoms with Crippen molar-refractivity contribution in [2.24, 2.45) is 0 Å². The number of halogens is 2. The minimum absolute atomic E-state index is 0.0860. The molecule has 0 heterocycles. The molecule has 6 heteroatoms. The van der Waals surface area contributed by atoms with Crippen molar-refractivity contribution in [2.75, 3.05) is 4.72 Å². The molecule has 2 rings (SSSR count). The molecule has 0 saturated heterocycles. The molecule has 0 amide bonds. The van der Waals surface area contributed by atoms with E-state index in [1.54, 1.807) is 0 Å². The molecule has 0 bridgehead atoms. The third-order valence-electron chi connectivity index (χ3n) is 2.54. The summed E-state index contributed by atoms with van der Waals surface area (Å²) in [6.45, 7) is 1.47. The van der Waals surface area contributed by atoms with Crippen LogP contribution < -0.4 is 4.72 Å². The van der Waals surface area contributed by atoms with Gasteiger partial charge in [-0.25, -0.2) is 17.2 Å². The van der Waals surface area contributed by atoms with Gasteiger partial charge in [-0.05, 0) is 42.8 Å². The largest absolute Gasteiger partial charge is 0.277 e. The predicted octanol–water partition coefficient (Wildman–Crippen LogP) is 3.07. The van der Waals surface area contributed by atoms with Crippen molar-refractivity contribution < 1.29 is 17.2 Å². The maximum Gasteiger partial charge on any atom is 0.262 e. The van der Waals surface area contributed by atoms with Crippen molar-refractivity contribution in [3.05, 3.63) is 59.7 Å². The first-order valence-electron chi connectivity index (χ1n) is 5.43. The van der Waals surface area contributed by atoms with Gasteiger partial charge in [-0.3, -0.25) is 4.72 Å². The highest BCUT2D eigenvalue weighted by molar-refractivity contribution is 7.92. The highest BCUT2D eigenvalue weighted by atomic mass is 32.2. The van der Waals surface area contributed by atoms with Gasteiger partial charge in [0.2, 0.25) is 0 Å². The second-order valence-electron chi connectivity index (χ2n) is 4.00. The Morgan fingerprint density at radius 3 is 2.37 bits per heavy atom. The van der Waals surface area contributed by atoms with Crippen LogP contribution in [0.5, 0.6) is 0 Å². The lowest BCUT2D eigenvalue weighted by molar-refractivity contribution is 0.596. The Bertz CT molecular complexity index is 714. The molecule has 0 fully saturated rings.